The minimum Gasteiger partial charge on any atom is -0.493 e. The molecule has 0 saturated heterocycles. The van der Waals surface area contributed by atoms with Crippen LogP contribution >= 0.6 is 0 Å². The van der Waals surface area contributed by atoms with Crippen molar-refractivity contribution in [1.82, 2.24) is 9.78 Å². The largest absolute Gasteiger partial charge is 0.493 e. The molecule has 0 saturated carbocycles. The van der Waals surface area contributed by atoms with Gasteiger partial charge in [-0.25, -0.2) is 8.78 Å². The monoisotopic (exact) mass is 253 g/mol. The van der Waals surface area contributed by atoms with Crippen molar-refractivity contribution in [3.05, 3.63) is 47.3 Å². The number of nitrogens with two attached hydrogens (primary N) is 1. The molecule has 1 unspecified atom stereocenters. The summed E-state index contributed by atoms with van der Waals surface area (Å²) in [4.78, 5) is 0. The maximum absolute atomic E-state index is 13.7. The zero-order valence-electron chi connectivity index (χ0n) is 10.0. The van der Waals surface area contributed by atoms with E-state index in [-0.39, 0.29) is 5.56 Å². The van der Waals surface area contributed by atoms with E-state index in [4.69, 9.17) is 10.5 Å². The predicted molar refractivity (Wildman–Crippen MR) is 62.1 cm³/mol. The van der Waals surface area contributed by atoms with Crippen LogP contribution in [0.5, 0.6) is 5.75 Å². The molecule has 0 aliphatic heterocycles. The van der Waals surface area contributed by atoms with Gasteiger partial charge in [0.25, 0.3) is 0 Å². The van der Waals surface area contributed by atoms with Crippen molar-refractivity contribution in [2.45, 2.75) is 6.04 Å². The van der Waals surface area contributed by atoms with Crippen LogP contribution in [-0.4, -0.2) is 16.9 Å². The van der Waals surface area contributed by atoms with Crippen LogP contribution in [0.25, 0.3) is 0 Å². The van der Waals surface area contributed by atoms with E-state index in [9.17, 15) is 8.78 Å². The molecule has 0 aliphatic rings. The van der Waals surface area contributed by atoms with Gasteiger partial charge in [0.05, 0.1) is 19.3 Å². The zero-order chi connectivity index (χ0) is 13.3. The summed E-state index contributed by atoms with van der Waals surface area (Å²) in [7, 11) is 3.13. The molecule has 4 nitrogen and oxygen atoms in total. The molecule has 1 aromatic heterocycles. The van der Waals surface area contributed by atoms with Crippen LogP contribution in [0.3, 0.4) is 0 Å². The predicted octanol–water partition coefficient (Wildman–Crippen LogP) is 1.75. The molecule has 1 atom stereocenters. The topological polar surface area (TPSA) is 53.1 Å². The van der Waals surface area contributed by atoms with Gasteiger partial charge >= 0.3 is 0 Å². The number of aryl methyl sites for hydroxylation is 1. The fourth-order valence-electron chi connectivity index (χ4n) is 1.84. The molecule has 18 heavy (non-hydrogen) atoms. The Morgan fingerprint density at radius 2 is 2.11 bits per heavy atom. The van der Waals surface area contributed by atoms with E-state index in [1.807, 2.05) is 0 Å². The molecule has 2 N–H and O–H groups in total. The summed E-state index contributed by atoms with van der Waals surface area (Å²) in [6.45, 7) is 0. The van der Waals surface area contributed by atoms with Gasteiger partial charge < -0.3 is 10.5 Å². The highest BCUT2D eigenvalue weighted by atomic mass is 19.1. The quantitative estimate of drug-likeness (QED) is 0.906. The molecule has 0 spiro atoms. The number of rotatable bonds is 3. The maximum Gasteiger partial charge on any atom is 0.161 e. The first kappa shape index (κ1) is 12.5. The summed E-state index contributed by atoms with van der Waals surface area (Å²) in [5, 5.41) is 3.98. The van der Waals surface area contributed by atoms with E-state index in [1.165, 1.54) is 18.0 Å². The van der Waals surface area contributed by atoms with E-state index in [1.54, 1.807) is 7.05 Å². The van der Waals surface area contributed by atoms with Crippen molar-refractivity contribution in [2.75, 3.05) is 7.11 Å². The number of ether oxygens (including phenoxy) is 1. The summed E-state index contributed by atoms with van der Waals surface area (Å²) in [6.07, 6.45) is 1.48. The van der Waals surface area contributed by atoms with Crippen LogP contribution in [0.15, 0.2) is 24.4 Å². The zero-order valence-corrected chi connectivity index (χ0v) is 10.0. The highest BCUT2D eigenvalue weighted by molar-refractivity contribution is 5.36. The fourth-order valence-corrected chi connectivity index (χ4v) is 1.84. The average Bonchev–Trinajstić information content (AvgIpc) is 2.72. The van der Waals surface area contributed by atoms with E-state index < -0.39 is 17.7 Å². The second-order valence-electron chi connectivity index (χ2n) is 3.87. The number of benzene rings is 1. The van der Waals surface area contributed by atoms with Crippen LogP contribution in [0, 0.1) is 11.6 Å². The lowest BCUT2D eigenvalue weighted by Gasteiger charge is -2.15. The van der Waals surface area contributed by atoms with Crippen molar-refractivity contribution in [1.29, 1.82) is 0 Å². The van der Waals surface area contributed by atoms with Gasteiger partial charge in [0.15, 0.2) is 5.75 Å². The Labute approximate surface area is 103 Å². The lowest BCUT2D eigenvalue weighted by molar-refractivity contribution is 0.405. The second-order valence-corrected chi connectivity index (χ2v) is 3.87. The van der Waals surface area contributed by atoms with Gasteiger partial charge in [-0.3, -0.25) is 4.68 Å². The van der Waals surface area contributed by atoms with Crippen molar-refractivity contribution in [2.24, 2.45) is 12.8 Å². The molecule has 6 heteroatoms. The van der Waals surface area contributed by atoms with E-state index in [0.29, 0.717) is 11.4 Å². The lowest BCUT2D eigenvalue weighted by Crippen LogP contribution is -2.18. The molecule has 2 aromatic rings. The van der Waals surface area contributed by atoms with Crippen molar-refractivity contribution >= 4 is 0 Å². The molecule has 0 radical (unpaired) electrons. The van der Waals surface area contributed by atoms with E-state index >= 15 is 0 Å². The lowest BCUT2D eigenvalue weighted by atomic mass is 10.0. The van der Waals surface area contributed by atoms with E-state index in [2.05, 4.69) is 5.10 Å². The molecular formula is C12H13F2N3O. The molecule has 96 valence electrons. The summed E-state index contributed by atoms with van der Waals surface area (Å²) in [6, 6.07) is 2.33. The van der Waals surface area contributed by atoms with Crippen molar-refractivity contribution in [3.63, 3.8) is 0 Å². The number of hydrogen-bond acceptors (Lipinski definition) is 3. The first-order valence-corrected chi connectivity index (χ1v) is 5.31. The molecule has 1 heterocycles. The van der Waals surface area contributed by atoms with Gasteiger partial charge in [0.1, 0.15) is 17.3 Å². The van der Waals surface area contributed by atoms with Gasteiger partial charge in [0, 0.05) is 12.6 Å². The summed E-state index contributed by atoms with van der Waals surface area (Å²) < 4.78 is 33.4. The molecule has 0 amide bonds. The Balaban J connectivity index is 2.50. The Hall–Kier alpha value is -1.95. The smallest absolute Gasteiger partial charge is 0.161 e. The minimum atomic E-state index is -0.844. The third-order valence-electron chi connectivity index (χ3n) is 2.76. The highest BCUT2D eigenvalue weighted by Gasteiger charge is 2.22. The van der Waals surface area contributed by atoms with Gasteiger partial charge in [0.2, 0.25) is 0 Å². The maximum atomic E-state index is 13.7. The summed E-state index contributed by atoms with van der Waals surface area (Å²) >= 11 is 0. The Bertz CT molecular complexity index is 568. The fraction of sp³-hybridized carbons (Fsp3) is 0.250. The number of aromatic nitrogens is 2. The van der Waals surface area contributed by atoms with Crippen LogP contribution in [0.2, 0.25) is 0 Å². The van der Waals surface area contributed by atoms with Crippen molar-refractivity contribution in [3.8, 4) is 5.75 Å². The first-order valence-electron chi connectivity index (χ1n) is 5.31. The van der Waals surface area contributed by atoms with Crippen molar-refractivity contribution < 1.29 is 13.5 Å². The van der Waals surface area contributed by atoms with Crippen LogP contribution < -0.4 is 10.5 Å². The third kappa shape index (κ3) is 2.06. The Kier molecular flexibility index (Phi) is 3.29. The second kappa shape index (κ2) is 4.73. The molecule has 0 aliphatic carbocycles. The molecule has 2 rings (SSSR count). The highest BCUT2D eigenvalue weighted by Crippen LogP contribution is 2.29. The minimum absolute atomic E-state index is 0.0666. The normalized spacial score (nSPS) is 12.5. The van der Waals surface area contributed by atoms with Crippen LogP contribution in [0.1, 0.15) is 17.3 Å². The Morgan fingerprint density at radius 1 is 1.39 bits per heavy atom. The average molecular weight is 253 g/mol. The molecular weight excluding hydrogens is 240 g/mol. The summed E-state index contributed by atoms with van der Waals surface area (Å²) in [5.41, 5.74) is 6.51. The molecule has 0 fully saturated rings. The number of halogens is 2. The SMILES string of the molecule is COc1cnn(C)c1C(N)c1cc(F)ccc1F. The third-order valence-corrected chi connectivity index (χ3v) is 2.76. The Morgan fingerprint density at radius 3 is 2.78 bits per heavy atom. The number of nitrogens with zero attached hydrogens (tertiary/aromatic N) is 2. The molecule has 1 aromatic carbocycles. The van der Waals surface area contributed by atoms with Gasteiger partial charge in [-0.2, -0.15) is 5.10 Å². The van der Waals surface area contributed by atoms with E-state index in [0.717, 1.165) is 18.2 Å². The van der Waals surface area contributed by atoms with Gasteiger partial charge in [-0.15, -0.1) is 0 Å². The van der Waals surface area contributed by atoms with Crippen LogP contribution in [-0.2, 0) is 7.05 Å². The van der Waals surface area contributed by atoms with Crippen LogP contribution in [0.4, 0.5) is 8.78 Å². The van der Waals surface area contributed by atoms with Gasteiger partial charge in [-0.1, -0.05) is 0 Å². The number of methoxy groups -OCH3 is 1. The van der Waals surface area contributed by atoms with Gasteiger partial charge in [-0.05, 0) is 18.2 Å². The number of hydrogen-bond donors (Lipinski definition) is 1. The first-order chi connectivity index (χ1) is 8.54. The molecule has 0 bridgehead atoms. The standard InChI is InChI=1S/C12H13F2N3O/c1-17-12(10(18-2)6-16-17)11(15)8-5-7(13)3-4-9(8)14/h3-6,11H,15H2,1-2H3. The summed E-state index contributed by atoms with van der Waals surface area (Å²) in [5.74, 6) is -0.663.